The zero-order chi connectivity index (χ0) is 23.1. The van der Waals surface area contributed by atoms with Crippen molar-refractivity contribution in [3.8, 4) is 11.3 Å². The van der Waals surface area contributed by atoms with Crippen LogP contribution in [0.5, 0.6) is 0 Å². The van der Waals surface area contributed by atoms with Gasteiger partial charge in [0, 0.05) is 10.6 Å². The monoisotopic (exact) mass is 486 g/mol. The van der Waals surface area contributed by atoms with Crippen LogP contribution < -0.4 is 0 Å². The summed E-state index contributed by atoms with van der Waals surface area (Å²) >= 11 is 5.92. The first-order chi connectivity index (χ1) is 15.1. The minimum absolute atomic E-state index is 0.00513. The minimum Gasteiger partial charge on any atom is -0.218 e. The smallest absolute Gasteiger partial charge is 0.218 e. The molecular formula is C23H19ClN2O4S2. The third-order valence-corrected chi connectivity index (χ3v) is 8.72. The summed E-state index contributed by atoms with van der Waals surface area (Å²) in [4.78, 5) is -0.158. The molecular weight excluding hydrogens is 468 g/mol. The first kappa shape index (κ1) is 22.3. The number of sulfone groups is 1. The number of rotatable bonds is 5. The van der Waals surface area contributed by atoms with Crippen molar-refractivity contribution in [2.75, 3.05) is 0 Å². The first-order valence-corrected chi connectivity index (χ1v) is 12.9. The van der Waals surface area contributed by atoms with Gasteiger partial charge in [0.25, 0.3) is 10.0 Å². The van der Waals surface area contributed by atoms with E-state index in [-0.39, 0.29) is 26.1 Å². The van der Waals surface area contributed by atoms with Crippen molar-refractivity contribution in [3.63, 3.8) is 0 Å². The van der Waals surface area contributed by atoms with Crippen molar-refractivity contribution in [3.05, 3.63) is 95.1 Å². The molecule has 0 bridgehead atoms. The van der Waals surface area contributed by atoms with Gasteiger partial charge in [0.05, 0.1) is 15.5 Å². The van der Waals surface area contributed by atoms with Gasteiger partial charge in [0.15, 0.2) is 0 Å². The van der Waals surface area contributed by atoms with Gasteiger partial charge in [-0.15, -0.1) is 0 Å². The first-order valence-electron chi connectivity index (χ1n) is 9.60. The molecule has 1 aromatic heterocycles. The highest BCUT2D eigenvalue weighted by Crippen LogP contribution is 2.36. The lowest BCUT2D eigenvalue weighted by atomic mass is 10.1. The molecule has 32 heavy (non-hydrogen) atoms. The summed E-state index contributed by atoms with van der Waals surface area (Å²) in [7, 11) is -8.27. The Hall–Kier alpha value is -2.94. The van der Waals surface area contributed by atoms with Crippen molar-refractivity contribution >= 4 is 31.5 Å². The maximum Gasteiger partial charge on any atom is 0.283 e. The topological polar surface area (TPSA) is 86.1 Å². The molecule has 0 amide bonds. The molecule has 0 spiro atoms. The molecule has 0 saturated carbocycles. The van der Waals surface area contributed by atoms with E-state index in [2.05, 4.69) is 5.10 Å². The van der Waals surface area contributed by atoms with E-state index in [0.717, 1.165) is 9.65 Å². The van der Waals surface area contributed by atoms with Crippen LogP contribution in [0, 0.1) is 13.8 Å². The Labute approximate surface area is 192 Å². The second-order valence-corrected chi connectivity index (χ2v) is 11.3. The van der Waals surface area contributed by atoms with Gasteiger partial charge >= 0.3 is 0 Å². The Morgan fingerprint density at radius 3 is 1.91 bits per heavy atom. The summed E-state index contributed by atoms with van der Waals surface area (Å²) in [6.07, 6.45) is 0. The van der Waals surface area contributed by atoms with Gasteiger partial charge in [-0.05, 0) is 50.2 Å². The van der Waals surface area contributed by atoms with Crippen LogP contribution in [0.3, 0.4) is 0 Å². The lowest BCUT2D eigenvalue weighted by molar-refractivity contribution is 0.580. The molecule has 0 unspecified atom stereocenters. The van der Waals surface area contributed by atoms with Crippen LogP contribution in [0.1, 0.15) is 11.3 Å². The highest BCUT2D eigenvalue weighted by molar-refractivity contribution is 7.92. The maximum absolute atomic E-state index is 13.6. The molecule has 0 atom stereocenters. The molecule has 4 rings (SSSR count). The second kappa shape index (κ2) is 8.20. The average Bonchev–Trinajstić information content (AvgIpc) is 3.14. The normalized spacial score (nSPS) is 12.1. The molecule has 4 aromatic rings. The second-order valence-electron chi connectivity index (χ2n) is 7.25. The fourth-order valence-corrected chi connectivity index (χ4v) is 6.51. The Balaban J connectivity index is 2.04. The summed E-state index contributed by atoms with van der Waals surface area (Å²) in [5.41, 5.74) is 1.37. The van der Waals surface area contributed by atoms with Gasteiger partial charge in [-0.25, -0.2) is 8.42 Å². The molecule has 6 nitrogen and oxygen atoms in total. The van der Waals surface area contributed by atoms with Crippen LogP contribution in [0.2, 0.25) is 5.02 Å². The fourth-order valence-electron chi connectivity index (χ4n) is 3.36. The van der Waals surface area contributed by atoms with Gasteiger partial charge in [-0.3, -0.25) is 0 Å². The van der Waals surface area contributed by atoms with Crippen LogP contribution in [0.15, 0.2) is 93.5 Å². The van der Waals surface area contributed by atoms with Crippen LogP contribution in [0.25, 0.3) is 11.3 Å². The van der Waals surface area contributed by atoms with E-state index >= 15 is 0 Å². The Bertz CT molecular complexity index is 1490. The lowest BCUT2D eigenvalue weighted by Crippen LogP contribution is -2.16. The van der Waals surface area contributed by atoms with Gasteiger partial charge in [-0.2, -0.15) is 17.6 Å². The molecule has 3 aromatic carbocycles. The van der Waals surface area contributed by atoms with Crippen molar-refractivity contribution in [2.45, 2.75) is 28.5 Å². The van der Waals surface area contributed by atoms with Crippen molar-refractivity contribution in [1.82, 2.24) is 9.19 Å². The number of benzene rings is 3. The van der Waals surface area contributed by atoms with Gasteiger partial charge in [0.1, 0.15) is 10.6 Å². The van der Waals surface area contributed by atoms with E-state index in [1.54, 1.807) is 42.5 Å². The fraction of sp³-hybridized carbons (Fsp3) is 0.0870. The zero-order valence-corrected chi connectivity index (χ0v) is 19.6. The van der Waals surface area contributed by atoms with Gasteiger partial charge in [-0.1, -0.05) is 59.6 Å². The van der Waals surface area contributed by atoms with Crippen molar-refractivity contribution in [2.24, 2.45) is 0 Å². The highest BCUT2D eigenvalue weighted by Gasteiger charge is 2.33. The van der Waals surface area contributed by atoms with Crippen LogP contribution in [-0.2, 0) is 19.9 Å². The molecule has 0 aliphatic carbocycles. The number of hydrogen-bond acceptors (Lipinski definition) is 5. The van der Waals surface area contributed by atoms with E-state index < -0.39 is 19.9 Å². The predicted molar refractivity (Wildman–Crippen MR) is 123 cm³/mol. The number of halogens is 1. The van der Waals surface area contributed by atoms with Gasteiger partial charge in [0.2, 0.25) is 9.84 Å². The molecule has 0 fully saturated rings. The average molecular weight is 487 g/mol. The maximum atomic E-state index is 13.6. The van der Waals surface area contributed by atoms with E-state index in [0.29, 0.717) is 10.6 Å². The summed E-state index contributed by atoms with van der Waals surface area (Å²) in [6, 6.07) is 20.5. The van der Waals surface area contributed by atoms with E-state index in [1.165, 1.54) is 43.3 Å². The van der Waals surface area contributed by atoms with Crippen molar-refractivity contribution < 1.29 is 16.8 Å². The molecule has 164 valence electrons. The largest absolute Gasteiger partial charge is 0.283 e. The highest BCUT2D eigenvalue weighted by atomic mass is 35.5. The van der Waals surface area contributed by atoms with Crippen LogP contribution in [-0.4, -0.2) is 26.0 Å². The third-order valence-electron chi connectivity index (χ3n) is 4.96. The summed E-state index contributed by atoms with van der Waals surface area (Å²) in [5, 5.41) is 4.58. The molecule has 0 N–H and O–H groups in total. The summed E-state index contributed by atoms with van der Waals surface area (Å²) < 4.78 is 55.0. The standard InChI is InChI=1S/C23H19ClN2O4S2/c1-16-8-12-21(13-9-16)32(29,30)26-22(18-6-4-3-5-7-18)23(17(2)25-26)31(27,28)20-14-10-19(24)11-15-20/h3-15H,1-2H3. The third kappa shape index (κ3) is 3.85. The number of aromatic nitrogens is 2. The lowest BCUT2D eigenvalue weighted by Gasteiger charge is -2.12. The van der Waals surface area contributed by atoms with Gasteiger partial charge < -0.3 is 0 Å². The number of nitrogens with zero attached hydrogens (tertiary/aromatic N) is 2. The van der Waals surface area contributed by atoms with Crippen LogP contribution in [0.4, 0.5) is 0 Å². The summed E-state index contributed by atoms with van der Waals surface area (Å²) in [5.74, 6) is 0. The van der Waals surface area contributed by atoms with Crippen molar-refractivity contribution in [1.29, 1.82) is 0 Å². The predicted octanol–water partition coefficient (Wildman–Crippen LogP) is 4.89. The molecule has 0 radical (unpaired) electrons. The molecule has 0 saturated heterocycles. The van der Waals surface area contributed by atoms with E-state index in [4.69, 9.17) is 11.6 Å². The molecule has 9 heteroatoms. The minimum atomic E-state index is -4.17. The molecule has 0 aliphatic heterocycles. The Morgan fingerprint density at radius 2 is 1.31 bits per heavy atom. The molecule has 0 aliphatic rings. The zero-order valence-electron chi connectivity index (χ0n) is 17.2. The van der Waals surface area contributed by atoms with Crippen LogP contribution >= 0.6 is 11.6 Å². The number of hydrogen-bond donors (Lipinski definition) is 0. The van der Waals surface area contributed by atoms with E-state index in [1.807, 2.05) is 6.92 Å². The SMILES string of the molecule is Cc1ccc(S(=O)(=O)n2nc(C)c(S(=O)(=O)c3ccc(Cl)cc3)c2-c2ccccc2)cc1. The number of aryl methyl sites for hydroxylation is 2. The quantitative estimate of drug-likeness (QED) is 0.401. The summed E-state index contributed by atoms with van der Waals surface area (Å²) in [6.45, 7) is 3.33. The van der Waals surface area contributed by atoms with E-state index in [9.17, 15) is 16.8 Å². The molecule has 1 heterocycles. The Morgan fingerprint density at radius 1 is 0.750 bits per heavy atom. The Kier molecular flexibility index (Phi) is 5.70.